The molecule has 8 rings (SSSR count). The monoisotopic (exact) mass is 794 g/mol. The van der Waals surface area contributed by atoms with Gasteiger partial charge in [0.1, 0.15) is 5.75 Å². The molecular weight excluding hydrogens is 741 g/mol. The number of methoxy groups -OCH3 is 1. The molecule has 2 aromatic carbocycles. The number of nitrogens with one attached hydrogen (secondary N) is 2. The SMILES string of the molecule is COc1ccc(Cn2c(N[C@@H]3CCC[C@@H]3O)nc3c2c(=O)n(C)c(=O)n3CC(C)C)cc1.Cn1c(=O)c2c(nc(NC3CCCC3)n2Cc2ccccc2)n(C)c1=O. The second-order valence-corrected chi connectivity index (χ2v) is 16.0. The van der Waals surface area contributed by atoms with Gasteiger partial charge in [0.15, 0.2) is 22.3 Å². The number of aromatic nitrogens is 8. The number of aliphatic hydroxyl groups is 1. The van der Waals surface area contributed by atoms with Crippen molar-refractivity contribution in [3.05, 3.63) is 107 Å². The van der Waals surface area contributed by atoms with E-state index in [0.29, 0.717) is 59.9 Å². The van der Waals surface area contributed by atoms with Crippen LogP contribution in [0.15, 0.2) is 73.8 Å². The molecule has 0 amide bonds. The van der Waals surface area contributed by atoms with Crippen molar-refractivity contribution in [1.82, 2.24) is 37.4 Å². The predicted molar refractivity (Wildman–Crippen MR) is 225 cm³/mol. The molecule has 0 spiro atoms. The molecular formula is C42H54N10O6. The molecule has 16 nitrogen and oxygen atoms in total. The van der Waals surface area contributed by atoms with E-state index < -0.39 is 6.10 Å². The number of nitrogens with zero attached hydrogens (tertiary/aromatic N) is 8. The van der Waals surface area contributed by atoms with Crippen LogP contribution < -0.4 is 37.9 Å². The lowest BCUT2D eigenvalue weighted by Gasteiger charge is -2.18. The Morgan fingerprint density at radius 3 is 1.84 bits per heavy atom. The summed E-state index contributed by atoms with van der Waals surface area (Å²) in [4.78, 5) is 60.6. The zero-order chi connectivity index (χ0) is 41.2. The first-order valence-electron chi connectivity index (χ1n) is 20.1. The maximum Gasteiger partial charge on any atom is 0.332 e. The van der Waals surface area contributed by atoms with Gasteiger partial charge in [0.25, 0.3) is 11.1 Å². The first kappa shape index (κ1) is 40.3. The second-order valence-electron chi connectivity index (χ2n) is 16.0. The van der Waals surface area contributed by atoms with Crippen molar-refractivity contribution in [3.8, 4) is 5.75 Å². The zero-order valence-corrected chi connectivity index (χ0v) is 34.1. The number of benzene rings is 2. The molecule has 16 heteroatoms. The van der Waals surface area contributed by atoms with Crippen LogP contribution in [0.1, 0.15) is 69.9 Å². The highest BCUT2D eigenvalue weighted by molar-refractivity contribution is 5.75. The molecule has 0 aliphatic heterocycles. The zero-order valence-electron chi connectivity index (χ0n) is 34.1. The molecule has 4 aromatic heterocycles. The van der Waals surface area contributed by atoms with Crippen molar-refractivity contribution in [2.24, 2.45) is 27.1 Å². The van der Waals surface area contributed by atoms with Gasteiger partial charge in [-0.05, 0) is 61.3 Å². The van der Waals surface area contributed by atoms with E-state index in [4.69, 9.17) is 9.72 Å². The van der Waals surface area contributed by atoms with Gasteiger partial charge < -0.3 is 20.5 Å². The summed E-state index contributed by atoms with van der Waals surface area (Å²) in [6, 6.07) is 17.8. The summed E-state index contributed by atoms with van der Waals surface area (Å²) in [6.07, 6.45) is 6.63. The highest BCUT2D eigenvalue weighted by Gasteiger charge is 2.29. The fraction of sp³-hybridized carbons (Fsp3) is 0.476. The third kappa shape index (κ3) is 7.97. The average Bonchev–Trinajstić information content (AvgIpc) is 4.03. The molecule has 0 saturated heterocycles. The molecule has 2 aliphatic carbocycles. The minimum absolute atomic E-state index is 0.143. The van der Waals surface area contributed by atoms with Crippen molar-refractivity contribution in [3.63, 3.8) is 0 Å². The quantitative estimate of drug-likeness (QED) is 0.175. The van der Waals surface area contributed by atoms with E-state index in [9.17, 15) is 24.3 Å². The molecule has 0 radical (unpaired) electrons. The Bertz CT molecular complexity index is 2640. The third-order valence-corrected chi connectivity index (χ3v) is 11.3. The fourth-order valence-corrected chi connectivity index (χ4v) is 8.07. The molecule has 0 bridgehead atoms. The van der Waals surface area contributed by atoms with Gasteiger partial charge in [-0.15, -0.1) is 0 Å². The van der Waals surface area contributed by atoms with E-state index in [0.717, 1.165) is 58.1 Å². The first-order valence-corrected chi connectivity index (χ1v) is 20.1. The van der Waals surface area contributed by atoms with Gasteiger partial charge in [-0.3, -0.25) is 37.0 Å². The summed E-state index contributed by atoms with van der Waals surface area (Å²) in [5.41, 5.74) is 2.23. The van der Waals surface area contributed by atoms with Gasteiger partial charge in [0.05, 0.1) is 32.3 Å². The summed E-state index contributed by atoms with van der Waals surface area (Å²) < 4.78 is 14.3. The van der Waals surface area contributed by atoms with Crippen LogP contribution in [0.25, 0.3) is 22.3 Å². The fourth-order valence-electron chi connectivity index (χ4n) is 8.07. The summed E-state index contributed by atoms with van der Waals surface area (Å²) >= 11 is 0. The van der Waals surface area contributed by atoms with Crippen molar-refractivity contribution in [2.75, 3.05) is 17.7 Å². The molecule has 2 aliphatic rings. The van der Waals surface area contributed by atoms with Gasteiger partial charge in [-0.25, -0.2) is 9.59 Å². The van der Waals surface area contributed by atoms with E-state index in [2.05, 4.69) is 15.6 Å². The molecule has 2 saturated carbocycles. The Kier molecular flexibility index (Phi) is 11.7. The topological polar surface area (TPSA) is 177 Å². The lowest BCUT2D eigenvalue weighted by Crippen LogP contribution is -2.39. The Morgan fingerprint density at radius 1 is 0.690 bits per heavy atom. The number of aliphatic hydroxyl groups excluding tert-OH is 1. The van der Waals surface area contributed by atoms with Crippen LogP contribution in [0.3, 0.4) is 0 Å². The van der Waals surface area contributed by atoms with Crippen LogP contribution >= 0.6 is 0 Å². The van der Waals surface area contributed by atoms with Crippen molar-refractivity contribution in [2.45, 2.75) is 96.6 Å². The number of rotatable bonds is 11. The summed E-state index contributed by atoms with van der Waals surface area (Å²) in [7, 11) is 6.28. The normalized spacial score (nSPS) is 17.0. The number of imidazole rings is 2. The minimum atomic E-state index is -0.468. The maximum absolute atomic E-state index is 13.2. The highest BCUT2D eigenvalue weighted by Crippen LogP contribution is 2.27. The van der Waals surface area contributed by atoms with Gasteiger partial charge in [0.2, 0.25) is 11.9 Å². The van der Waals surface area contributed by atoms with Crippen LogP contribution in [0.4, 0.5) is 11.9 Å². The lowest BCUT2D eigenvalue weighted by molar-refractivity contribution is 0.171. The van der Waals surface area contributed by atoms with Crippen LogP contribution in [0.5, 0.6) is 5.75 Å². The smallest absolute Gasteiger partial charge is 0.332 e. The number of ether oxygens (including phenoxy) is 1. The molecule has 2 fully saturated rings. The number of aryl methyl sites for hydroxylation is 1. The summed E-state index contributed by atoms with van der Waals surface area (Å²) in [5.74, 6) is 2.10. The van der Waals surface area contributed by atoms with Crippen molar-refractivity contribution in [1.29, 1.82) is 0 Å². The average molecular weight is 795 g/mol. The third-order valence-electron chi connectivity index (χ3n) is 11.3. The minimum Gasteiger partial charge on any atom is -0.497 e. The number of hydrogen-bond donors (Lipinski definition) is 3. The van der Waals surface area contributed by atoms with E-state index in [1.165, 1.54) is 31.5 Å². The van der Waals surface area contributed by atoms with E-state index in [1.807, 2.05) is 77.6 Å². The van der Waals surface area contributed by atoms with Gasteiger partial charge in [-0.2, -0.15) is 9.97 Å². The first-order chi connectivity index (χ1) is 27.9. The lowest BCUT2D eigenvalue weighted by atomic mass is 10.2. The van der Waals surface area contributed by atoms with E-state index in [-0.39, 0.29) is 34.5 Å². The largest absolute Gasteiger partial charge is 0.497 e. The number of fused-ring (bicyclic) bond motifs is 2. The van der Waals surface area contributed by atoms with Crippen LogP contribution in [-0.4, -0.2) is 67.8 Å². The summed E-state index contributed by atoms with van der Waals surface area (Å²) in [6.45, 7) is 5.41. The van der Waals surface area contributed by atoms with Crippen LogP contribution in [0, 0.1) is 5.92 Å². The predicted octanol–water partition coefficient (Wildman–Crippen LogP) is 3.77. The maximum atomic E-state index is 13.2. The van der Waals surface area contributed by atoms with Crippen molar-refractivity contribution < 1.29 is 9.84 Å². The van der Waals surface area contributed by atoms with Gasteiger partial charge >= 0.3 is 11.4 Å². The molecule has 3 N–H and O–H groups in total. The Morgan fingerprint density at radius 2 is 1.26 bits per heavy atom. The molecule has 58 heavy (non-hydrogen) atoms. The summed E-state index contributed by atoms with van der Waals surface area (Å²) in [5, 5.41) is 17.2. The van der Waals surface area contributed by atoms with E-state index >= 15 is 0 Å². The highest BCUT2D eigenvalue weighted by atomic mass is 16.5. The van der Waals surface area contributed by atoms with Crippen LogP contribution in [0.2, 0.25) is 0 Å². The number of anilines is 2. The molecule has 0 unspecified atom stereocenters. The Hall–Kier alpha value is -5.90. The Labute approximate surface area is 335 Å². The van der Waals surface area contributed by atoms with Gasteiger partial charge in [0, 0.05) is 33.7 Å². The van der Waals surface area contributed by atoms with Gasteiger partial charge in [-0.1, -0.05) is 69.2 Å². The molecule has 4 heterocycles. The molecule has 308 valence electrons. The molecule has 6 aromatic rings. The molecule has 2 atom stereocenters. The standard InChI is InChI=1S/C23H31N5O4.C19H23N5O2/c1-14(2)12-28-20-19(21(30)26(3)23(28)31)27(13-15-8-10-16(32-4)11-9-15)22(25-20)24-17-6-5-7-18(17)29;1-22-16-15(17(25)23(2)19(22)26)24(12-13-8-4-3-5-9-13)18(21-16)20-14-10-6-7-11-14/h8-11,14,17-18,29H,5-7,12-13H2,1-4H3,(H,24,25);3-5,8-9,14H,6-7,10-12H2,1-2H3,(H,20,21)/t17-,18+;/m1./s1. The second kappa shape index (κ2) is 16.9. The Balaban J connectivity index is 0.000000180. The van der Waals surface area contributed by atoms with Crippen molar-refractivity contribution >= 4 is 34.2 Å². The van der Waals surface area contributed by atoms with Crippen LogP contribution in [-0.2, 0) is 40.8 Å². The number of hydrogen-bond acceptors (Lipinski definition) is 10. The van der Waals surface area contributed by atoms with E-state index in [1.54, 1.807) is 18.7 Å².